The first kappa shape index (κ1) is 48.7. The van der Waals surface area contributed by atoms with Crippen molar-refractivity contribution in [2.45, 2.75) is 113 Å². The Kier molecular flexibility index (Phi) is 14.2. The van der Waals surface area contributed by atoms with Gasteiger partial charge in [0.2, 0.25) is 11.8 Å². The second-order valence-electron chi connectivity index (χ2n) is 19.1. The van der Waals surface area contributed by atoms with Crippen LogP contribution in [0.15, 0.2) is 102 Å². The highest BCUT2D eigenvalue weighted by Gasteiger charge is 2.61. The van der Waals surface area contributed by atoms with E-state index in [9.17, 15) is 27.6 Å². The summed E-state index contributed by atoms with van der Waals surface area (Å²) in [5, 5.41) is 6.09. The van der Waals surface area contributed by atoms with Crippen molar-refractivity contribution in [3.63, 3.8) is 0 Å². The minimum atomic E-state index is -4.31. The van der Waals surface area contributed by atoms with E-state index in [1.54, 1.807) is 52.1 Å². The van der Waals surface area contributed by atoms with Gasteiger partial charge in [0.05, 0.1) is 29.8 Å². The number of benzene rings is 3. The lowest BCUT2D eigenvalue weighted by molar-refractivity contribution is -0.141. The lowest BCUT2D eigenvalue weighted by atomic mass is 10.1. The quantitative estimate of drug-likeness (QED) is 0.0765. The molecule has 2 fully saturated rings. The summed E-state index contributed by atoms with van der Waals surface area (Å²) in [6.45, 7) is 19.4. The number of carbonyl (C=O) groups is 4. The number of pyridine rings is 1. The molecule has 17 heteroatoms. The molecule has 1 saturated heterocycles. The standard InChI is InChI=1S/C48H61N5O10SSi/c1-11-32-29-48(32,44(56)52-64(58,59)35-20-16-13-17-21-35)51-42(54)40-27-34(62-41-28-38(31-18-14-12-15-19-31)49-39-26-33(60-8)22-23-36(39)41)30-53(40)43(55)37(50-45(57)63-46(2,3)4)24-25-61-65(9,10)47(5,6)7/h11-23,26,28,32,34,37,40H,1,24-25,27,29-30H2,2-10H3,(H,50,57)(H,51,54)(H,52,56)/t32-,34-,37?,40+,48-/m1/s1. The number of carbonyl (C=O) groups excluding carboxylic acids is 4. The molecule has 2 heterocycles. The van der Waals surface area contributed by atoms with E-state index in [4.69, 9.17) is 23.6 Å². The van der Waals surface area contributed by atoms with Crippen molar-refractivity contribution in [1.29, 1.82) is 0 Å². The molecule has 3 aromatic carbocycles. The summed E-state index contributed by atoms with van der Waals surface area (Å²) in [7, 11) is -5.04. The van der Waals surface area contributed by atoms with E-state index in [0.29, 0.717) is 28.1 Å². The van der Waals surface area contributed by atoms with Crippen LogP contribution < -0.4 is 24.8 Å². The van der Waals surface area contributed by atoms with Crippen molar-refractivity contribution in [1.82, 2.24) is 25.2 Å². The predicted octanol–water partition coefficient (Wildman–Crippen LogP) is 7.13. The molecule has 0 spiro atoms. The molecule has 1 saturated carbocycles. The first-order valence-corrected chi connectivity index (χ1v) is 26.1. The third kappa shape index (κ3) is 11.4. The van der Waals surface area contributed by atoms with Gasteiger partial charge in [-0.3, -0.25) is 14.4 Å². The molecular weight excluding hydrogens is 867 g/mol. The molecule has 15 nitrogen and oxygen atoms in total. The van der Waals surface area contributed by atoms with Gasteiger partial charge in [-0.2, -0.15) is 0 Å². The maximum Gasteiger partial charge on any atom is 0.408 e. The number of hydrogen-bond acceptors (Lipinski definition) is 11. The highest BCUT2D eigenvalue weighted by Crippen LogP contribution is 2.45. The van der Waals surface area contributed by atoms with Gasteiger partial charge in [-0.15, -0.1) is 6.58 Å². The molecule has 1 unspecified atom stereocenters. The molecule has 65 heavy (non-hydrogen) atoms. The molecule has 2 aliphatic rings. The van der Waals surface area contributed by atoms with Gasteiger partial charge >= 0.3 is 6.09 Å². The lowest BCUT2D eigenvalue weighted by Gasteiger charge is -2.37. The number of amides is 4. The van der Waals surface area contributed by atoms with Gasteiger partial charge in [-0.05, 0) is 76.0 Å². The molecule has 0 radical (unpaired) electrons. The molecule has 3 N–H and O–H groups in total. The summed E-state index contributed by atoms with van der Waals surface area (Å²) in [4.78, 5) is 63.1. The summed E-state index contributed by atoms with van der Waals surface area (Å²) in [5.74, 6) is -1.84. The predicted molar refractivity (Wildman–Crippen MR) is 250 cm³/mol. The zero-order valence-corrected chi connectivity index (χ0v) is 40.4. The number of fused-ring (bicyclic) bond motifs is 1. The van der Waals surface area contributed by atoms with Gasteiger partial charge in [0, 0.05) is 42.0 Å². The number of hydrogen-bond donors (Lipinski definition) is 3. The molecule has 6 rings (SSSR count). The number of likely N-dealkylation sites (tertiary alicyclic amines) is 1. The summed E-state index contributed by atoms with van der Waals surface area (Å²) < 4.78 is 53.0. The number of nitrogens with zero attached hydrogens (tertiary/aromatic N) is 2. The molecule has 1 aromatic heterocycles. The largest absolute Gasteiger partial charge is 0.497 e. The molecule has 4 amide bonds. The van der Waals surface area contributed by atoms with Crippen LogP contribution in [0.4, 0.5) is 4.79 Å². The molecule has 348 valence electrons. The molecule has 1 aliphatic carbocycles. The fraction of sp³-hybridized carbons (Fsp3) is 0.438. The molecule has 0 bridgehead atoms. The Hall–Kier alpha value is -5.78. The zero-order valence-electron chi connectivity index (χ0n) is 38.6. The Balaban J connectivity index is 1.36. The minimum absolute atomic E-state index is 0.0311. The van der Waals surface area contributed by atoms with Crippen molar-refractivity contribution in [2.24, 2.45) is 5.92 Å². The number of alkyl carbamates (subject to hydrolysis) is 1. The fourth-order valence-electron chi connectivity index (χ4n) is 7.48. The second-order valence-corrected chi connectivity index (χ2v) is 25.6. The van der Waals surface area contributed by atoms with E-state index in [-0.39, 0.29) is 42.3 Å². The third-order valence-electron chi connectivity index (χ3n) is 12.2. The molecule has 5 atom stereocenters. The maximum absolute atomic E-state index is 15.0. The van der Waals surface area contributed by atoms with Gasteiger partial charge in [-0.1, -0.05) is 75.4 Å². The van der Waals surface area contributed by atoms with E-state index in [0.717, 1.165) is 5.56 Å². The highest BCUT2D eigenvalue weighted by atomic mass is 32.2. The van der Waals surface area contributed by atoms with Crippen LogP contribution in [0.25, 0.3) is 22.2 Å². The Labute approximate surface area is 382 Å². The number of nitrogens with one attached hydrogen (secondary N) is 3. The number of ether oxygens (including phenoxy) is 3. The van der Waals surface area contributed by atoms with Crippen LogP contribution in [0.2, 0.25) is 18.1 Å². The average Bonchev–Trinajstić information content (AvgIpc) is 3.80. The van der Waals surface area contributed by atoms with Crippen LogP contribution in [-0.2, 0) is 33.6 Å². The van der Waals surface area contributed by atoms with Crippen molar-refractivity contribution >= 4 is 53.1 Å². The van der Waals surface area contributed by atoms with E-state index in [1.807, 2.05) is 36.4 Å². The average molecular weight is 928 g/mol. The summed E-state index contributed by atoms with van der Waals surface area (Å²) >= 11 is 0. The Morgan fingerprint density at radius 1 is 0.969 bits per heavy atom. The van der Waals surface area contributed by atoms with Crippen LogP contribution in [-0.4, -0.2) is 100 Å². The first-order chi connectivity index (χ1) is 30.5. The van der Waals surface area contributed by atoms with Gasteiger partial charge in [-0.25, -0.2) is 22.9 Å². The lowest BCUT2D eigenvalue weighted by Crippen LogP contribution is -2.58. The van der Waals surface area contributed by atoms with Crippen molar-refractivity contribution in [3.8, 4) is 22.8 Å². The third-order valence-corrected chi connectivity index (χ3v) is 18.1. The van der Waals surface area contributed by atoms with Crippen molar-refractivity contribution in [2.75, 3.05) is 20.3 Å². The SMILES string of the molecule is C=C[C@@H]1C[C@]1(NC(=O)[C@@H]1C[C@@H](Oc2cc(-c3ccccc3)nc3cc(OC)ccc23)CN1C(=O)C(CCO[Si](C)(C)C(C)(C)C)NC(=O)OC(C)(C)C)C(=O)NS(=O)(=O)c1ccccc1. The highest BCUT2D eigenvalue weighted by molar-refractivity contribution is 7.90. The maximum atomic E-state index is 15.0. The van der Waals surface area contributed by atoms with Crippen molar-refractivity contribution < 1.29 is 46.2 Å². The summed E-state index contributed by atoms with van der Waals surface area (Å²) in [5.41, 5.74) is -0.517. The van der Waals surface area contributed by atoms with Crippen LogP contribution in [0.1, 0.15) is 60.8 Å². The van der Waals surface area contributed by atoms with Crippen molar-refractivity contribution in [3.05, 3.63) is 97.6 Å². The smallest absolute Gasteiger partial charge is 0.408 e. The van der Waals surface area contributed by atoms with E-state index < -0.39 is 77.4 Å². The van der Waals surface area contributed by atoms with E-state index in [2.05, 4.69) is 55.8 Å². The number of methoxy groups -OCH3 is 1. The monoisotopic (exact) mass is 927 g/mol. The second kappa shape index (κ2) is 19.0. The van der Waals surface area contributed by atoms with E-state index >= 15 is 0 Å². The van der Waals surface area contributed by atoms with Crippen LogP contribution in [0.5, 0.6) is 11.5 Å². The van der Waals surface area contributed by atoms with Gasteiger partial charge in [0.25, 0.3) is 15.9 Å². The van der Waals surface area contributed by atoms with E-state index in [1.165, 1.54) is 35.2 Å². The fourth-order valence-corrected chi connectivity index (χ4v) is 9.60. The first-order valence-electron chi connectivity index (χ1n) is 21.7. The Bertz CT molecular complexity index is 2530. The topological polar surface area (TPSA) is 192 Å². The van der Waals surface area contributed by atoms with Crippen LogP contribution in [0.3, 0.4) is 0 Å². The minimum Gasteiger partial charge on any atom is -0.497 e. The normalized spacial score (nSPS) is 20.3. The summed E-state index contributed by atoms with van der Waals surface area (Å²) in [6.07, 6.45) is -0.0341. The molecular formula is C48H61N5O10SSi. The zero-order chi connectivity index (χ0) is 47.5. The molecule has 1 aliphatic heterocycles. The Morgan fingerprint density at radius 2 is 1.63 bits per heavy atom. The van der Waals surface area contributed by atoms with Gasteiger partial charge in [0.1, 0.15) is 40.8 Å². The molecule has 4 aromatic rings. The van der Waals surface area contributed by atoms with Gasteiger partial charge in [0.15, 0.2) is 8.32 Å². The number of aromatic nitrogens is 1. The number of rotatable bonds is 16. The number of sulfonamides is 1. The van der Waals surface area contributed by atoms with Crippen LogP contribution in [0, 0.1) is 5.92 Å². The Morgan fingerprint density at radius 3 is 2.23 bits per heavy atom. The van der Waals surface area contributed by atoms with Gasteiger partial charge < -0.3 is 34.2 Å². The summed E-state index contributed by atoms with van der Waals surface area (Å²) in [6, 6.07) is 21.7. The van der Waals surface area contributed by atoms with Crippen LogP contribution >= 0.6 is 0 Å².